The van der Waals surface area contributed by atoms with Crippen LogP contribution in [-0.4, -0.2) is 5.11 Å². The fraction of sp³-hybridized carbons (Fsp3) is 0.333. The van der Waals surface area contributed by atoms with E-state index in [1.54, 1.807) is 12.1 Å². The molecule has 104 valence electrons. The van der Waals surface area contributed by atoms with Crippen molar-refractivity contribution in [2.75, 3.05) is 0 Å². The van der Waals surface area contributed by atoms with Crippen molar-refractivity contribution in [1.82, 2.24) is 0 Å². The minimum atomic E-state index is -0.858. The second-order valence-electron chi connectivity index (χ2n) is 6.01. The van der Waals surface area contributed by atoms with E-state index in [1.807, 2.05) is 0 Å². The lowest BCUT2D eigenvalue weighted by atomic mass is 9.88. The van der Waals surface area contributed by atoms with E-state index in [2.05, 4.69) is 32.0 Å². The number of rotatable bonds is 2. The van der Waals surface area contributed by atoms with Crippen molar-refractivity contribution in [3.05, 3.63) is 70.0 Å². The van der Waals surface area contributed by atoms with Crippen LogP contribution in [0.15, 0.2) is 36.4 Å². The predicted octanol–water partition coefficient (Wildman–Crippen LogP) is 3.82. The summed E-state index contributed by atoms with van der Waals surface area (Å²) in [5.74, 6) is -0.223. The highest BCUT2D eigenvalue weighted by Gasteiger charge is 2.36. The van der Waals surface area contributed by atoms with Gasteiger partial charge in [-0.15, -0.1) is 0 Å². The van der Waals surface area contributed by atoms with Crippen LogP contribution in [0, 0.1) is 19.7 Å². The van der Waals surface area contributed by atoms with Gasteiger partial charge in [-0.1, -0.05) is 35.4 Å². The van der Waals surface area contributed by atoms with Gasteiger partial charge >= 0.3 is 0 Å². The average molecular weight is 270 g/mol. The highest BCUT2D eigenvalue weighted by Crippen LogP contribution is 2.39. The van der Waals surface area contributed by atoms with Gasteiger partial charge in [-0.3, -0.25) is 0 Å². The van der Waals surface area contributed by atoms with Gasteiger partial charge < -0.3 is 5.11 Å². The van der Waals surface area contributed by atoms with Crippen molar-refractivity contribution in [1.29, 1.82) is 0 Å². The minimum absolute atomic E-state index is 0.223. The average Bonchev–Trinajstić information content (AvgIpc) is 2.65. The van der Waals surface area contributed by atoms with Crippen LogP contribution in [0.3, 0.4) is 0 Å². The summed E-state index contributed by atoms with van der Waals surface area (Å²) in [5, 5.41) is 10.9. The first-order valence-corrected chi connectivity index (χ1v) is 7.05. The van der Waals surface area contributed by atoms with Crippen LogP contribution in [0.5, 0.6) is 0 Å². The quantitative estimate of drug-likeness (QED) is 0.879. The first kappa shape index (κ1) is 13.3. The first-order chi connectivity index (χ1) is 9.46. The zero-order chi connectivity index (χ0) is 14.3. The summed E-state index contributed by atoms with van der Waals surface area (Å²) in [6.45, 7) is 4.14. The Morgan fingerprint density at radius 3 is 2.50 bits per heavy atom. The van der Waals surface area contributed by atoms with Crippen LogP contribution in [-0.2, 0) is 18.4 Å². The Bertz CT molecular complexity index is 642. The lowest BCUT2D eigenvalue weighted by Gasteiger charge is -2.24. The number of aliphatic hydroxyl groups is 1. The lowest BCUT2D eigenvalue weighted by Crippen LogP contribution is -2.25. The maximum atomic E-state index is 13.3. The van der Waals surface area contributed by atoms with E-state index < -0.39 is 5.60 Å². The topological polar surface area (TPSA) is 20.2 Å². The van der Waals surface area contributed by atoms with E-state index in [9.17, 15) is 9.50 Å². The third-order valence-corrected chi connectivity index (χ3v) is 4.15. The maximum Gasteiger partial charge on any atom is 0.123 e. The molecular formula is C18H19FO. The van der Waals surface area contributed by atoms with Gasteiger partial charge in [0.25, 0.3) is 0 Å². The Morgan fingerprint density at radius 2 is 1.80 bits per heavy atom. The first-order valence-electron chi connectivity index (χ1n) is 7.05. The van der Waals surface area contributed by atoms with Crippen molar-refractivity contribution in [3.8, 4) is 0 Å². The summed E-state index contributed by atoms with van der Waals surface area (Å²) in [6.07, 6.45) is 2.00. The van der Waals surface area contributed by atoms with Crippen molar-refractivity contribution >= 4 is 0 Å². The SMILES string of the molecule is Cc1cc(C)cc(CC2(O)CCc3cc(F)ccc32)c1. The fourth-order valence-corrected chi connectivity index (χ4v) is 3.39. The molecule has 1 nitrogen and oxygen atoms in total. The molecule has 0 radical (unpaired) electrons. The Kier molecular flexibility index (Phi) is 3.14. The molecule has 0 amide bonds. The summed E-state index contributed by atoms with van der Waals surface area (Å²) < 4.78 is 13.3. The summed E-state index contributed by atoms with van der Waals surface area (Å²) >= 11 is 0. The highest BCUT2D eigenvalue weighted by atomic mass is 19.1. The number of fused-ring (bicyclic) bond motifs is 1. The summed E-state index contributed by atoms with van der Waals surface area (Å²) in [5.41, 5.74) is 4.53. The zero-order valence-electron chi connectivity index (χ0n) is 11.9. The van der Waals surface area contributed by atoms with Gasteiger partial charge in [-0.25, -0.2) is 4.39 Å². The van der Waals surface area contributed by atoms with Gasteiger partial charge in [0.1, 0.15) is 5.82 Å². The van der Waals surface area contributed by atoms with Crippen LogP contribution < -0.4 is 0 Å². The molecule has 20 heavy (non-hydrogen) atoms. The third kappa shape index (κ3) is 2.36. The molecule has 1 aliphatic carbocycles. The lowest BCUT2D eigenvalue weighted by molar-refractivity contribution is 0.0389. The molecule has 0 spiro atoms. The molecule has 2 aromatic rings. The molecule has 0 aliphatic heterocycles. The third-order valence-electron chi connectivity index (χ3n) is 4.15. The van der Waals surface area contributed by atoms with Gasteiger partial charge in [0.2, 0.25) is 0 Å². The van der Waals surface area contributed by atoms with Gasteiger partial charge in [-0.05, 0) is 55.5 Å². The van der Waals surface area contributed by atoms with Crippen molar-refractivity contribution in [3.63, 3.8) is 0 Å². The largest absolute Gasteiger partial charge is 0.385 e. The standard InChI is InChI=1S/C18H19FO/c1-12-7-13(2)9-14(8-12)11-18(20)6-5-15-10-16(19)3-4-17(15)18/h3-4,7-10,20H,5-6,11H2,1-2H3. The molecule has 2 heteroatoms. The molecule has 3 rings (SSSR count). The minimum Gasteiger partial charge on any atom is -0.385 e. The van der Waals surface area contributed by atoms with Crippen LogP contribution in [0.25, 0.3) is 0 Å². The van der Waals surface area contributed by atoms with Crippen LogP contribution >= 0.6 is 0 Å². The Hall–Kier alpha value is -1.67. The van der Waals surface area contributed by atoms with E-state index in [1.165, 1.54) is 17.2 Å². The molecular weight excluding hydrogens is 251 g/mol. The van der Waals surface area contributed by atoms with Crippen molar-refractivity contribution in [2.45, 2.75) is 38.7 Å². The molecule has 0 saturated carbocycles. The van der Waals surface area contributed by atoms with Gasteiger partial charge in [0.05, 0.1) is 5.60 Å². The molecule has 0 fully saturated rings. The van der Waals surface area contributed by atoms with E-state index >= 15 is 0 Å². The second-order valence-corrected chi connectivity index (χ2v) is 6.01. The molecule has 1 aliphatic rings. The Balaban J connectivity index is 1.95. The van der Waals surface area contributed by atoms with Gasteiger partial charge in [-0.2, -0.15) is 0 Å². The van der Waals surface area contributed by atoms with E-state index in [0.717, 1.165) is 23.1 Å². The second kappa shape index (κ2) is 4.71. The predicted molar refractivity (Wildman–Crippen MR) is 78.2 cm³/mol. The monoisotopic (exact) mass is 270 g/mol. The van der Waals surface area contributed by atoms with Crippen LogP contribution in [0.2, 0.25) is 0 Å². The summed E-state index contributed by atoms with van der Waals surface area (Å²) in [6, 6.07) is 11.1. The zero-order valence-corrected chi connectivity index (χ0v) is 11.9. The molecule has 0 bridgehead atoms. The maximum absolute atomic E-state index is 13.3. The molecule has 0 saturated heterocycles. The van der Waals surface area contributed by atoms with Gasteiger partial charge in [0, 0.05) is 6.42 Å². The fourth-order valence-electron chi connectivity index (χ4n) is 3.39. The van der Waals surface area contributed by atoms with E-state index in [-0.39, 0.29) is 5.82 Å². The molecule has 0 aromatic heterocycles. The molecule has 1 unspecified atom stereocenters. The Morgan fingerprint density at radius 1 is 1.10 bits per heavy atom. The van der Waals surface area contributed by atoms with E-state index in [4.69, 9.17) is 0 Å². The number of aryl methyl sites for hydroxylation is 3. The summed E-state index contributed by atoms with van der Waals surface area (Å²) in [4.78, 5) is 0. The smallest absolute Gasteiger partial charge is 0.123 e. The normalized spacial score (nSPS) is 21.0. The van der Waals surface area contributed by atoms with E-state index in [0.29, 0.717) is 12.8 Å². The Labute approximate surface area is 119 Å². The van der Waals surface area contributed by atoms with Crippen molar-refractivity contribution in [2.24, 2.45) is 0 Å². The van der Waals surface area contributed by atoms with Gasteiger partial charge in [0.15, 0.2) is 0 Å². The van der Waals surface area contributed by atoms with Crippen LogP contribution in [0.4, 0.5) is 4.39 Å². The van der Waals surface area contributed by atoms with Crippen LogP contribution in [0.1, 0.15) is 34.2 Å². The number of hydrogen-bond donors (Lipinski definition) is 1. The molecule has 1 N–H and O–H groups in total. The number of halogens is 1. The molecule has 1 atom stereocenters. The summed E-state index contributed by atoms with van der Waals surface area (Å²) in [7, 11) is 0. The number of hydrogen-bond acceptors (Lipinski definition) is 1. The molecule has 0 heterocycles. The highest BCUT2D eigenvalue weighted by molar-refractivity contribution is 5.40. The molecule has 2 aromatic carbocycles. The van der Waals surface area contributed by atoms with Crippen molar-refractivity contribution < 1.29 is 9.50 Å². The number of benzene rings is 2.